The maximum absolute atomic E-state index is 12.8. The number of fused-ring (bicyclic) bond motifs is 1. The predicted octanol–water partition coefficient (Wildman–Crippen LogP) is 4.62. The number of anilines is 1. The van der Waals surface area contributed by atoms with E-state index < -0.39 is 0 Å². The highest BCUT2D eigenvalue weighted by Gasteiger charge is 2.23. The van der Waals surface area contributed by atoms with Crippen LogP contribution in [0.2, 0.25) is 0 Å². The van der Waals surface area contributed by atoms with E-state index in [1.54, 1.807) is 7.11 Å². The summed E-state index contributed by atoms with van der Waals surface area (Å²) in [5.41, 5.74) is 4.04. The van der Waals surface area contributed by atoms with Crippen molar-refractivity contribution in [2.75, 3.05) is 18.6 Å². The molecule has 0 radical (unpaired) electrons. The summed E-state index contributed by atoms with van der Waals surface area (Å²) in [6.45, 7) is 6.78. The molecule has 0 aromatic heterocycles. The lowest BCUT2D eigenvalue weighted by atomic mass is 10.00. The Morgan fingerprint density at radius 3 is 2.61 bits per heavy atom. The van der Waals surface area contributed by atoms with E-state index in [4.69, 9.17) is 4.74 Å². The SMILES string of the molecule is CC.COc1ccc2c(c1)CCCN2C(=O)c1cccc(C)c1. The summed E-state index contributed by atoms with van der Waals surface area (Å²) < 4.78 is 5.27. The molecule has 1 aliphatic rings. The van der Waals surface area contributed by atoms with Gasteiger partial charge < -0.3 is 9.64 Å². The van der Waals surface area contributed by atoms with Crippen molar-refractivity contribution in [3.63, 3.8) is 0 Å². The molecule has 1 aliphatic heterocycles. The second-order valence-electron chi connectivity index (χ2n) is 5.42. The Hall–Kier alpha value is -2.29. The molecule has 2 aromatic rings. The Balaban J connectivity index is 0.000000924. The van der Waals surface area contributed by atoms with Gasteiger partial charge in [-0.05, 0) is 55.7 Å². The van der Waals surface area contributed by atoms with E-state index in [0.717, 1.165) is 42.0 Å². The van der Waals surface area contributed by atoms with E-state index in [1.165, 1.54) is 5.56 Å². The highest BCUT2D eigenvalue weighted by molar-refractivity contribution is 6.06. The molecule has 0 unspecified atom stereocenters. The van der Waals surface area contributed by atoms with Crippen LogP contribution in [0, 0.1) is 6.92 Å². The third kappa shape index (κ3) is 3.73. The molecule has 122 valence electrons. The topological polar surface area (TPSA) is 29.5 Å². The van der Waals surface area contributed by atoms with Gasteiger partial charge in [-0.2, -0.15) is 0 Å². The summed E-state index contributed by atoms with van der Waals surface area (Å²) in [6, 6.07) is 13.7. The monoisotopic (exact) mass is 311 g/mol. The number of aryl methyl sites for hydroxylation is 2. The molecule has 1 heterocycles. The first-order chi connectivity index (χ1) is 11.2. The Bertz CT molecular complexity index is 679. The fourth-order valence-electron chi connectivity index (χ4n) is 2.85. The minimum absolute atomic E-state index is 0.0739. The van der Waals surface area contributed by atoms with Crippen molar-refractivity contribution in [3.8, 4) is 5.75 Å². The molecule has 0 spiro atoms. The Morgan fingerprint density at radius 1 is 1.13 bits per heavy atom. The van der Waals surface area contributed by atoms with Crippen molar-refractivity contribution in [1.82, 2.24) is 0 Å². The molecular weight excluding hydrogens is 286 g/mol. The third-order valence-electron chi connectivity index (χ3n) is 3.92. The summed E-state index contributed by atoms with van der Waals surface area (Å²) in [6.07, 6.45) is 1.97. The smallest absolute Gasteiger partial charge is 0.258 e. The van der Waals surface area contributed by atoms with Gasteiger partial charge in [-0.25, -0.2) is 0 Å². The number of rotatable bonds is 2. The van der Waals surface area contributed by atoms with E-state index in [0.29, 0.717) is 0 Å². The number of hydrogen-bond donors (Lipinski definition) is 0. The standard InChI is InChI=1S/C18H19NO2.C2H6/c1-13-5-3-6-15(11-13)18(20)19-10-4-7-14-12-16(21-2)8-9-17(14)19;1-2/h3,5-6,8-9,11-12H,4,7,10H2,1-2H3;1-2H3. The molecule has 1 amide bonds. The molecule has 2 aromatic carbocycles. The summed E-state index contributed by atoms with van der Waals surface area (Å²) in [7, 11) is 1.67. The summed E-state index contributed by atoms with van der Waals surface area (Å²) >= 11 is 0. The zero-order chi connectivity index (χ0) is 16.8. The number of nitrogens with zero attached hydrogens (tertiary/aromatic N) is 1. The van der Waals surface area contributed by atoms with Gasteiger partial charge in [0.1, 0.15) is 5.75 Å². The van der Waals surface area contributed by atoms with Gasteiger partial charge in [0.15, 0.2) is 0 Å². The van der Waals surface area contributed by atoms with E-state index in [2.05, 4.69) is 0 Å². The van der Waals surface area contributed by atoms with E-state index in [9.17, 15) is 4.79 Å². The Kier molecular flexibility index (Phi) is 5.80. The van der Waals surface area contributed by atoms with Crippen molar-refractivity contribution >= 4 is 11.6 Å². The van der Waals surface area contributed by atoms with Crippen LogP contribution in [0.15, 0.2) is 42.5 Å². The zero-order valence-corrected chi connectivity index (χ0v) is 14.4. The zero-order valence-electron chi connectivity index (χ0n) is 14.4. The van der Waals surface area contributed by atoms with Crippen LogP contribution in [-0.4, -0.2) is 19.6 Å². The van der Waals surface area contributed by atoms with E-state index in [-0.39, 0.29) is 5.91 Å². The Morgan fingerprint density at radius 2 is 1.91 bits per heavy atom. The number of carbonyl (C=O) groups is 1. The molecule has 0 saturated heterocycles. The molecule has 3 rings (SSSR count). The lowest BCUT2D eigenvalue weighted by Gasteiger charge is -2.30. The highest BCUT2D eigenvalue weighted by atomic mass is 16.5. The predicted molar refractivity (Wildman–Crippen MR) is 95.5 cm³/mol. The minimum Gasteiger partial charge on any atom is -0.497 e. The van der Waals surface area contributed by atoms with Gasteiger partial charge in [-0.3, -0.25) is 4.79 Å². The summed E-state index contributed by atoms with van der Waals surface area (Å²) in [4.78, 5) is 14.6. The first-order valence-electron chi connectivity index (χ1n) is 8.24. The molecule has 0 bridgehead atoms. The summed E-state index contributed by atoms with van der Waals surface area (Å²) in [5.74, 6) is 0.920. The number of carbonyl (C=O) groups excluding carboxylic acids is 1. The number of hydrogen-bond acceptors (Lipinski definition) is 2. The van der Waals surface area contributed by atoms with Crippen LogP contribution in [0.1, 0.15) is 41.8 Å². The fraction of sp³-hybridized carbons (Fsp3) is 0.350. The van der Waals surface area contributed by atoms with Gasteiger partial charge in [-0.1, -0.05) is 31.5 Å². The molecule has 0 saturated carbocycles. The fourth-order valence-corrected chi connectivity index (χ4v) is 2.85. The molecule has 23 heavy (non-hydrogen) atoms. The largest absolute Gasteiger partial charge is 0.497 e. The lowest BCUT2D eigenvalue weighted by Crippen LogP contribution is -2.35. The van der Waals surface area contributed by atoms with Crippen molar-refractivity contribution in [3.05, 3.63) is 59.2 Å². The van der Waals surface area contributed by atoms with Gasteiger partial charge >= 0.3 is 0 Å². The van der Waals surface area contributed by atoms with Gasteiger partial charge in [0.25, 0.3) is 5.91 Å². The van der Waals surface area contributed by atoms with E-state index in [1.807, 2.05) is 68.1 Å². The van der Waals surface area contributed by atoms with Crippen LogP contribution in [0.5, 0.6) is 5.75 Å². The Labute approximate surface area is 138 Å². The average Bonchev–Trinajstić information content (AvgIpc) is 2.61. The van der Waals surface area contributed by atoms with Gasteiger partial charge in [0, 0.05) is 17.8 Å². The molecule has 0 fully saturated rings. The van der Waals surface area contributed by atoms with Crippen molar-refractivity contribution < 1.29 is 9.53 Å². The van der Waals surface area contributed by atoms with Crippen LogP contribution in [0.3, 0.4) is 0 Å². The second-order valence-corrected chi connectivity index (χ2v) is 5.42. The van der Waals surface area contributed by atoms with Crippen molar-refractivity contribution in [2.24, 2.45) is 0 Å². The number of amides is 1. The summed E-state index contributed by atoms with van der Waals surface area (Å²) in [5, 5.41) is 0. The normalized spacial score (nSPS) is 12.8. The first-order valence-corrected chi connectivity index (χ1v) is 8.24. The van der Waals surface area contributed by atoms with Gasteiger partial charge in [0.05, 0.1) is 7.11 Å². The molecule has 0 aliphatic carbocycles. The maximum Gasteiger partial charge on any atom is 0.258 e. The number of methoxy groups -OCH3 is 1. The number of benzene rings is 2. The quantitative estimate of drug-likeness (QED) is 0.809. The maximum atomic E-state index is 12.8. The van der Waals surface area contributed by atoms with Crippen LogP contribution < -0.4 is 9.64 Å². The van der Waals surface area contributed by atoms with Crippen molar-refractivity contribution in [1.29, 1.82) is 0 Å². The van der Waals surface area contributed by atoms with Crippen molar-refractivity contribution in [2.45, 2.75) is 33.6 Å². The third-order valence-corrected chi connectivity index (χ3v) is 3.92. The first kappa shape index (κ1) is 17.1. The molecule has 0 N–H and O–H groups in total. The van der Waals surface area contributed by atoms with Crippen LogP contribution in [0.4, 0.5) is 5.69 Å². The van der Waals surface area contributed by atoms with E-state index >= 15 is 0 Å². The lowest BCUT2D eigenvalue weighted by molar-refractivity contribution is 0.0985. The molecule has 0 atom stereocenters. The van der Waals surface area contributed by atoms with Crippen LogP contribution in [-0.2, 0) is 6.42 Å². The minimum atomic E-state index is 0.0739. The highest BCUT2D eigenvalue weighted by Crippen LogP contribution is 2.31. The number of ether oxygens (including phenoxy) is 1. The molecular formula is C20H25NO2. The van der Waals surface area contributed by atoms with Crippen LogP contribution in [0.25, 0.3) is 0 Å². The van der Waals surface area contributed by atoms with Gasteiger partial charge in [-0.15, -0.1) is 0 Å². The second kappa shape index (κ2) is 7.82. The average molecular weight is 311 g/mol. The molecule has 3 nitrogen and oxygen atoms in total. The molecule has 3 heteroatoms. The van der Waals surface area contributed by atoms with Crippen LogP contribution >= 0.6 is 0 Å². The van der Waals surface area contributed by atoms with Gasteiger partial charge in [0.2, 0.25) is 0 Å².